The van der Waals surface area contributed by atoms with E-state index in [0.717, 1.165) is 11.8 Å². The molecular weight excluding hydrogens is 388 g/mol. The lowest BCUT2D eigenvalue weighted by Crippen LogP contribution is -2.60. The first kappa shape index (κ1) is 22.9. The first-order chi connectivity index (χ1) is 13.1. The molecule has 0 saturated carbocycles. The fourth-order valence-electron chi connectivity index (χ4n) is 3.47. The van der Waals surface area contributed by atoms with Crippen molar-refractivity contribution in [1.29, 1.82) is 0 Å². The quantitative estimate of drug-likeness (QED) is 0.472. The lowest BCUT2D eigenvalue weighted by atomic mass is 9.89. The van der Waals surface area contributed by atoms with Crippen molar-refractivity contribution in [1.82, 2.24) is 0 Å². The first-order valence-corrected chi connectivity index (χ1v) is 10.2. The highest BCUT2D eigenvalue weighted by molar-refractivity contribution is 8.13. The van der Waals surface area contributed by atoms with Gasteiger partial charge in [0.25, 0.3) is 0 Å². The van der Waals surface area contributed by atoms with Gasteiger partial charge in [-0.15, -0.1) is 0 Å². The van der Waals surface area contributed by atoms with E-state index in [4.69, 9.17) is 9.47 Å². The maximum atomic E-state index is 12.7. The molecule has 0 aliphatic carbocycles. The van der Waals surface area contributed by atoms with Gasteiger partial charge >= 0.3 is 0 Å². The lowest BCUT2D eigenvalue weighted by Gasteiger charge is -2.40. The van der Waals surface area contributed by atoms with Crippen LogP contribution >= 0.6 is 11.8 Å². The van der Waals surface area contributed by atoms with Gasteiger partial charge in [-0.2, -0.15) is 0 Å². The molecule has 1 aromatic rings. The van der Waals surface area contributed by atoms with Gasteiger partial charge in [-0.1, -0.05) is 25.6 Å². The Hall–Kier alpha value is -1.36. The fraction of sp³-hybridized carbons (Fsp3) is 0.632. The molecule has 0 amide bonds. The standard InChI is InChI=1S/C19H28O8S/c1-7(2)11-8(3)13(21)9(4)17(12(11)18(25)28-5)27-19-16(24)15(23)14(22)10(6-20)26-19/h7,10,14-16,19-24H,6H2,1-5H3/t10-,14-,15+,16-,19+/m1/s1. The van der Waals surface area contributed by atoms with E-state index in [9.17, 15) is 30.3 Å². The molecule has 1 saturated heterocycles. The lowest BCUT2D eigenvalue weighted by molar-refractivity contribution is -0.277. The third-order valence-corrected chi connectivity index (χ3v) is 5.58. The molecule has 1 aliphatic rings. The Balaban J connectivity index is 2.60. The predicted molar refractivity (Wildman–Crippen MR) is 104 cm³/mol. The van der Waals surface area contributed by atoms with Gasteiger partial charge in [-0.05, 0) is 37.1 Å². The number of aliphatic hydroxyl groups excluding tert-OH is 4. The van der Waals surface area contributed by atoms with Gasteiger partial charge in [0, 0.05) is 5.56 Å². The highest BCUT2D eigenvalue weighted by Crippen LogP contribution is 2.43. The minimum absolute atomic E-state index is 0.0375. The zero-order chi connectivity index (χ0) is 21.3. The Morgan fingerprint density at radius 1 is 1.14 bits per heavy atom. The third kappa shape index (κ3) is 4.00. The number of ether oxygens (including phenoxy) is 2. The Morgan fingerprint density at radius 3 is 2.25 bits per heavy atom. The molecule has 0 unspecified atom stereocenters. The third-order valence-electron chi connectivity index (χ3n) is 5.00. The second kappa shape index (κ2) is 8.98. The molecule has 1 aromatic carbocycles. The van der Waals surface area contributed by atoms with Gasteiger partial charge in [0.05, 0.1) is 12.2 Å². The number of benzene rings is 1. The molecule has 5 atom stereocenters. The van der Waals surface area contributed by atoms with Crippen molar-refractivity contribution in [3.63, 3.8) is 0 Å². The molecule has 1 aliphatic heterocycles. The summed E-state index contributed by atoms with van der Waals surface area (Å²) in [5.41, 5.74) is 1.72. The van der Waals surface area contributed by atoms with Gasteiger partial charge in [0.15, 0.2) is 0 Å². The van der Waals surface area contributed by atoms with Crippen molar-refractivity contribution in [3.8, 4) is 11.5 Å². The molecule has 1 heterocycles. The molecule has 0 aromatic heterocycles. The summed E-state index contributed by atoms with van der Waals surface area (Å²) in [6.45, 7) is 6.45. The van der Waals surface area contributed by atoms with Crippen LogP contribution < -0.4 is 4.74 Å². The molecular formula is C19H28O8S. The van der Waals surface area contributed by atoms with Crippen LogP contribution in [0.3, 0.4) is 0 Å². The van der Waals surface area contributed by atoms with E-state index in [1.54, 1.807) is 20.1 Å². The highest BCUT2D eigenvalue weighted by atomic mass is 32.2. The second-order valence-corrected chi connectivity index (χ2v) is 7.96. The van der Waals surface area contributed by atoms with Crippen LogP contribution in [0.2, 0.25) is 0 Å². The van der Waals surface area contributed by atoms with Crippen molar-refractivity contribution in [3.05, 3.63) is 22.3 Å². The van der Waals surface area contributed by atoms with Crippen LogP contribution in [0, 0.1) is 13.8 Å². The van der Waals surface area contributed by atoms with Gasteiger partial charge < -0.3 is 35.0 Å². The highest BCUT2D eigenvalue weighted by Gasteiger charge is 2.45. The summed E-state index contributed by atoms with van der Waals surface area (Å²) < 4.78 is 11.2. The summed E-state index contributed by atoms with van der Waals surface area (Å²) in [6, 6.07) is 0. The number of thioether (sulfide) groups is 1. The Morgan fingerprint density at radius 2 is 1.75 bits per heavy atom. The van der Waals surface area contributed by atoms with Crippen molar-refractivity contribution in [2.45, 2.75) is 64.3 Å². The molecule has 5 N–H and O–H groups in total. The van der Waals surface area contributed by atoms with E-state index >= 15 is 0 Å². The number of hydrogen-bond donors (Lipinski definition) is 5. The van der Waals surface area contributed by atoms with Crippen molar-refractivity contribution in [2.75, 3.05) is 12.9 Å². The summed E-state index contributed by atoms with van der Waals surface area (Å²) in [6.07, 6.45) is -5.73. The molecule has 0 spiro atoms. The van der Waals surface area contributed by atoms with Crippen molar-refractivity contribution in [2.24, 2.45) is 0 Å². The van der Waals surface area contributed by atoms with E-state index in [1.165, 1.54) is 0 Å². The van der Waals surface area contributed by atoms with Crippen LogP contribution in [-0.4, -0.2) is 74.2 Å². The van der Waals surface area contributed by atoms with Crippen LogP contribution in [0.25, 0.3) is 0 Å². The average molecular weight is 416 g/mol. The van der Waals surface area contributed by atoms with Crippen LogP contribution in [0.15, 0.2) is 0 Å². The van der Waals surface area contributed by atoms with Crippen LogP contribution in [-0.2, 0) is 4.74 Å². The minimum atomic E-state index is -1.62. The largest absolute Gasteiger partial charge is 0.507 e. The summed E-state index contributed by atoms with van der Waals surface area (Å²) >= 11 is 0.982. The number of phenolic OH excluding ortho intramolecular Hbond substituents is 1. The maximum Gasteiger partial charge on any atom is 0.229 e. The van der Waals surface area contributed by atoms with E-state index in [-0.39, 0.29) is 33.7 Å². The molecule has 9 heteroatoms. The number of rotatable bonds is 5. The van der Waals surface area contributed by atoms with Gasteiger partial charge in [0.1, 0.15) is 35.9 Å². The normalized spacial score (nSPS) is 27.9. The molecule has 1 fully saturated rings. The maximum absolute atomic E-state index is 12.7. The van der Waals surface area contributed by atoms with Crippen molar-refractivity contribution >= 4 is 16.9 Å². The molecule has 0 bridgehead atoms. The molecule has 0 radical (unpaired) electrons. The Bertz CT molecular complexity index is 733. The Labute approximate surface area is 168 Å². The van der Waals surface area contributed by atoms with E-state index in [2.05, 4.69) is 0 Å². The molecule has 158 valence electrons. The zero-order valence-corrected chi connectivity index (χ0v) is 17.4. The molecule has 8 nitrogen and oxygen atoms in total. The van der Waals surface area contributed by atoms with E-state index in [1.807, 2.05) is 13.8 Å². The number of carbonyl (C=O) groups excluding carboxylic acids is 1. The summed E-state index contributed by atoms with van der Waals surface area (Å²) in [5, 5.41) is 49.8. The second-order valence-electron chi connectivity index (χ2n) is 7.18. The minimum Gasteiger partial charge on any atom is -0.507 e. The zero-order valence-electron chi connectivity index (χ0n) is 16.5. The summed E-state index contributed by atoms with van der Waals surface area (Å²) in [4.78, 5) is 12.7. The summed E-state index contributed by atoms with van der Waals surface area (Å²) in [5.74, 6) is -0.105. The van der Waals surface area contributed by atoms with Gasteiger partial charge in [0.2, 0.25) is 11.4 Å². The van der Waals surface area contributed by atoms with E-state index < -0.39 is 37.3 Å². The molecule has 2 rings (SSSR count). The average Bonchev–Trinajstić information content (AvgIpc) is 2.66. The number of carbonyl (C=O) groups is 1. The topological polar surface area (TPSA) is 137 Å². The Kier molecular flexibility index (Phi) is 7.35. The van der Waals surface area contributed by atoms with Gasteiger partial charge in [-0.3, -0.25) is 4.79 Å². The van der Waals surface area contributed by atoms with Crippen LogP contribution in [0.4, 0.5) is 0 Å². The van der Waals surface area contributed by atoms with Crippen molar-refractivity contribution < 1.29 is 39.8 Å². The van der Waals surface area contributed by atoms with Crippen LogP contribution in [0.1, 0.15) is 46.8 Å². The summed E-state index contributed by atoms with van der Waals surface area (Å²) in [7, 11) is 0. The SMILES string of the molecule is CSC(=O)c1c(O[C@@H]2O[C@H](CO)[C@@H](O)[C@H](O)[C@H]2O)c(C)c(O)c(C)c1C(C)C. The smallest absolute Gasteiger partial charge is 0.229 e. The molecule has 28 heavy (non-hydrogen) atoms. The number of aliphatic hydroxyl groups is 4. The van der Waals surface area contributed by atoms with Crippen LogP contribution in [0.5, 0.6) is 11.5 Å². The number of aromatic hydroxyl groups is 1. The van der Waals surface area contributed by atoms with E-state index in [0.29, 0.717) is 11.1 Å². The predicted octanol–water partition coefficient (Wildman–Crippen LogP) is 0.814. The van der Waals surface area contributed by atoms with Gasteiger partial charge in [-0.25, -0.2) is 0 Å². The number of hydrogen-bond acceptors (Lipinski definition) is 9. The number of phenols is 1. The first-order valence-electron chi connectivity index (χ1n) is 8.98. The fourth-order valence-corrected chi connectivity index (χ4v) is 3.88. The monoisotopic (exact) mass is 416 g/mol.